The molecular formula is C42H72. The van der Waals surface area contributed by atoms with Crippen molar-refractivity contribution in [1.82, 2.24) is 0 Å². The Bertz CT molecular complexity index is 831. The van der Waals surface area contributed by atoms with Gasteiger partial charge >= 0.3 is 0 Å². The maximum absolute atomic E-state index is 2.49. The van der Waals surface area contributed by atoms with E-state index in [1.807, 2.05) is 11.1 Å². The molecule has 2 aromatic rings. The molecule has 0 saturated heterocycles. The molecule has 0 N–H and O–H groups in total. The summed E-state index contributed by atoms with van der Waals surface area (Å²) in [6.07, 6.45) is 38.7. The Morgan fingerprint density at radius 2 is 0.524 bits per heavy atom. The molecule has 0 saturated carbocycles. The van der Waals surface area contributed by atoms with Gasteiger partial charge in [-0.2, -0.15) is 0 Å². The molecule has 0 amide bonds. The lowest BCUT2D eigenvalue weighted by molar-refractivity contribution is 0.590. The summed E-state index contributed by atoms with van der Waals surface area (Å²) < 4.78 is 0. The van der Waals surface area contributed by atoms with Gasteiger partial charge in [0.1, 0.15) is 0 Å². The quantitative estimate of drug-likeness (QED) is 0.0884. The van der Waals surface area contributed by atoms with Crippen LogP contribution in [0.1, 0.15) is 204 Å². The van der Waals surface area contributed by atoms with E-state index in [1.54, 1.807) is 21.9 Å². The van der Waals surface area contributed by atoms with Gasteiger partial charge in [0.2, 0.25) is 0 Å². The van der Waals surface area contributed by atoms with Crippen LogP contribution in [-0.2, 0) is 25.7 Å². The van der Waals surface area contributed by atoms with E-state index in [1.165, 1.54) is 180 Å². The van der Waals surface area contributed by atoms with E-state index in [4.69, 9.17) is 0 Å². The number of rotatable bonds is 28. The highest BCUT2D eigenvalue weighted by Crippen LogP contribution is 2.36. The Hall–Kier alpha value is -1.30. The number of hydrogen-bond donors (Lipinski definition) is 0. The smallest absolute Gasteiger partial charge is 0.0146 e. The Morgan fingerprint density at radius 1 is 0.286 bits per heavy atom. The highest BCUT2D eigenvalue weighted by molar-refractivity contribution is 5.91. The molecule has 0 aromatic heterocycles. The van der Waals surface area contributed by atoms with Gasteiger partial charge in [-0.1, -0.05) is 180 Å². The van der Waals surface area contributed by atoms with E-state index in [2.05, 4.69) is 52.0 Å². The van der Waals surface area contributed by atoms with Gasteiger partial charge in [0, 0.05) is 0 Å². The zero-order valence-electron chi connectivity index (χ0n) is 29.1. The summed E-state index contributed by atoms with van der Waals surface area (Å²) in [5, 5.41) is 3.22. The van der Waals surface area contributed by atoms with Crippen LogP contribution in [0.2, 0.25) is 0 Å². The summed E-state index contributed by atoms with van der Waals surface area (Å²) in [5.74, 6) is 0. The van der Waals surface area contributed by atoms with Crippen molar-refractivity contribution >= 4 is 10.8 Å². The van der Waals surface area contributed by atoms with Crippen LogP contribution in [0.5, 0.6) is 0 Å². The molecule has 0 aliphatic heterocycles. The van der Waals surface area contributed by atoms with Gasteiger partial charge in [-0.25, -0.2) is 0 Å². The van der Waals surface area contributed by atoms with Gasteiger partial charge in [-0.15, -0.1) is 0 Å². The number of fused-ring (bicyclic) bond motifs is 1. The lowest BCUT2D eigenvalue weighted by Crippen LogP contribution is -2.08. The van der Waals surface area contributed by atoms with E-state index in [0.29, 0.717) is 0 Å². The molecule has 0 atom stereocenters. The van der Waals surface area contributed by atoms with Gasteiger partial charge < -0.3 is 0 Å². The minimum Gasteiger partial charge on any atom is -0.0654 e. The number of aryl methyl sites for hydroxylation is 2. The topological polar surface area (TPSA) is 0 Å². The zero-order chi connectivity index (χ0) is 30.1. The fourth-order valence-electron chi connectivity index (χ4n) is 7.20. The minimum absolute atomic E-state index is 1.29. The van der Waals surface area contributed by atoms with Crippen molar-refractivity contribution in [2.75, 3.05) is 0 Å². The Morgan fingerprint density at radius 3 is 0.810 bits per heavy atom. The van der Waals surface area contributed by atoms with Crippen LogP contribution in [-0.4, -0.2) is 0 Å². The monoisotopic (exact) mass is 577 g/mol. The van der Waals surface area contributed by atoms with Crippen LogP contribution in [0.25, 0.3) is 10.8 Å². The van der Waals surface area contributed by atoms with Gasteiger partial charge in [0.05, 0.1) is 0 Å². The molecule has 0 aliphatic rings. The van der Waals surface area contributed by atoms with Crippen LogP contribution in [0.4, 0.5) is 0 Å². The summed E-state index contributed by atoms with van der Waals surface area (Å²) >= 11 is 0. The molecule has 0 bridgehead atoms. The second-order valence-electron chi connectivity index (χ2n) is 13.5. The molecular weight excluding hydrogens is 504 g/mol. The summed E-state index contributed by atoms with van der Waals surface area (Å²) in [5.41, 5.74) is 7.13. The minimum atomic E-state index is 1.29. The highest BCUT2D eigenvalue weighted by atomic mass is 14.2. The molecule has 2 rings (SSSR count). The van der Waals surface area contributed by atoms with E-state index in [-0.39, 0.29) is 0 Å². The second kappa shape index (κ2) is 25.1. The second-order valence-corrected chi connectivity index (χ2v) is 13.5. The van der Waals surface area contributed by atoms with Crippen molar-refractivity contribution in [3.8, 4) is 0 Å². The van der Waals surface area contributed by atoms with E-state index in [0.717, 1.165) is 0 Å². The largest absolute Gasteiger partial charge is 0.0654 e. The molecule has 0 heteroatoms. The normalized spacial score (nSPS) is 11.6. The average molecular weight is 577 g/mol. The van der Waals surface area contributed by atoms with E-state index < -0.39 is 0 Å². The Kier molecular flexibility index (Phi) is 22.0. The lowest BCUT2D eigenvalue weighted by Gasteiger charge is -2.24. The zero-order valence-corrected chi connectivity index (χ0v) is 29.1. The highest BCUT2D eigenvalue weighted by Gasteiger charge is 2.19. The molecule has 0 aliphatic carbocycles. The number of benzene rings is 2. The molecule has 240 valence electrons. The molecule has 0 fully saturated rings. The molecule has 0 radical (unpaired) electrons. The number of hydrogen-bond acceptors (Lipinski definition) is 0. The van der Waals surface area contributed by atoms with Crippen LogP contribution < -0.4 is 0 Å². The van der Waals surface area contributed by atoms with Crippen LogP contribution in [0.15, 0.2) is 24.3 Å². The summed E-state index contributed by atoms with van der Waals surface area (Å²) in [7, 11) is 0. The van der Waals surface area contributed by atoms with Gasteiger partial charge in [0.15, 0.2) is 0 Å². The fraction of sp³-hybridized carbons (Fsp3) is 0.762. The molecule has 0 heterocycles. The molecule has 0 spiro atoms. The predicted molar refractivity (Wildman–Crippen MR) is 192 cm³/mol. The van der Waals surface area contributed by atoms with E-state index in [9.17, 15) is 0 Å². The third kappa shape index (κ3) is 14.4. The van der Waals surface area contributed by atoms with Gasteiger partial charge in [-0.05, 0) is 84.4 Å². The van der Waals surface area contributed by atoms with Crippen molar-refractivity contribution in [2.24, 2.45) is 0 Å². The molecule has 0 nitrogen and oxygen atoms in total. The van der Waals surface area contributed by atoms with Crippen molar-refractivity contribution in [2.45, 2.75) is 207 Å². The van der Waals surface area contributed by atoms with Crippen molar-refractivity contribution in [3.05, 3.63) is 46.5 Å². The first-order valence-corrected chi connectivity index (χ1v) is 19.3. The standard InChI is InChI=1S/C42H72/c1-5-9-13-17-21-25-31-37-38(32-26-22-18-14-10-6-2)40(34-28-24-20-16-12-8-4)42-36-30-29-35-41(42)39(37)33-27-23-19-15-11-7-3/h29-30,35-36H,5-28,31-34H2,1-4H3. The SMILES string of the molecule is CCCCCCCCc1c(CCCCCCCC)c(CCCCCCCC)c2ccccc2c1CCCCCCCC. The van der Waals surface area contributed by atoms with Crippen LogP contribution >= 0.6 is 0 Å². The van der Waals surface area contributed by atoms with Crippen molar-refractivity contribution in [3.63, 3.8) is 0 Å². The van der Waals surface area contributed by atoms with Crippen LogP contribution in [0.3, 0.4) is 0 Å². The maximum atomic E-state index is 2.49. The van der Waals surface area contributed by atoms with Gasteiger partial charge in [0.25, 0.3) is 0 Å². The van der Waals surface area contributed by atoms with Crippen LogP contribution in [0, 0.1) is 0 Å². The summed E-state index contributed by atoms with van der Waals surface area (Å²) in [6.45, 7) is 9.34. The maximum Gasteiger partial charge on any atom is -0.0146 e. The fourth-order valence-corrected chi connectivity index (χ4v) is 7.20. The van der Waals surface area contributed by atoms with Crippen molar-refractivity contribution < 1.29 is 0 Å². The van der Waals surface area contributed by atoms with Gasteiger partial charge in [-0.3, -0.25) is 0 Å². The number of unbranched alkanes of at least 4 members (excludes halogenated alkanes) is 20. The van der Waals surface area contributed by atoms with E-state index >= 15 is 0 Å². The summed E-state index contributed by atoms with van der Waals surface area (Å²) in [4.78, 5) is 0. The lowest BCUT2D eigenvalue weighted by atomic mass is 9.81. The first-order chi connectivity index (χ1) is 20.8. The van der Waals surface area contributed by atoms with Crippen molar-refractivity contribution in [1.29, 1.82) is 0 Å². The average Bonchev–Trinajstić information content (AvgIpc) is 3.01. The molecule has 0 unspecified atom stereocenters. The Balaban J connectivity index is 2.36. The first-order valence-electron chi connectivity index (χ1n) is 19.3. The third-order valence-electron chi connectivity index (χ3n) is 9.79. The predicted octanol–water partition coefficient (Wildman–Crippen LogP) is 14.5. The molecule has 42 heavy (non-hydrogen) atoms. The Labute approximate surface area is 264 Å². The summed E-state index contributed by atoms with van der Waals surface area (Å²) in [6, 6.07) is 9.63. The molecule has 2 aromatic carbocycles. The third-order valence-corrected chi connectivity index (χ3v) is 9.79. The first kappa shape index (κ1) is 36.9.